The molecule has 1 aromatic rings. The van der Waals surface area contributed by atoms with Crippen LogP contribution >= 0.6 is 0 Å². The van der Waals surface area contributed by atoms with Gasteiger partial charge < -0.3 is 5.73 Å². The van der Waals surface area contributed by atoms with Crippen molar-refractivity contribution >= 4 is 5.69 Å². The molecule has 3 aliphatic carbocycles. The van der Waals surface area contributed by atoms with Gasteiger partial charge in [0.1, 0.15) is 0 Å². The summed E-state index contributed by atoms with van der Waals surface area (Å²) < 4.78 is 0. The van der Waals surface area contributed by atoms with Crippen LogP contribution in [0.4, 0.5) is 5.69 Å². The maximum atomic E-state index is 6.01. The minimum absolute atomic E-state index is 0.447. The SMILES string of the molecule is Nc1ccc2c(c1)C1(CCC2)CC2C=CC1C2. The van der Waals surface area contributed by atoms with Gasteiger partial charge in [-0.2, -0.15) is 0 Å². The van der Waals surface area contributed by atoms with Crippen molar-refractivity contribution in [1.29, 1.82) is 0 Å². The highest BCUT2D eigenvalue weighted by Crippen LogP contribution is 2.58. The van der Waals surface area contributed by atoms with Crippen LogP contribution in [0.5, 0.6) is 0 Å². The minimum atomic E-state index is 0.447. The number of hydrogen-bond acceptors (Lipinski definition) is 1. The van der Waals surface area contributed by atoms with Crippen LogP contribution < -0.4 is 5.73 Å². The van der Waals surface area contributed by atoms with Gasteiger partial charge in [0.05, 0.1) is 0 Å². The quantitative estimate of drug-likeness (QED) is 0.531. The molecule has 1 aromatic carbocycles. The van der Waals surface area contributed by atoms with Crippen LogP contribution in [0.15, 0.2) is 30.4 Å². The number of benzene rings is 1. The number of nitrogen functional groups attached to an aromatic ring is 1. The van der Waals surface area contributed by atoms with Gasteiger partial charge in [0.15, 0.2) is 0 Å². The first-order valence-corrected chi connectivity index (χ1v) is 6.85. The van der Waals surface area contributed by atoms with Gasteiger partial charge in [-0.15, -0.1) is 0 Å². The Hall–Kier alpha value is -1.24. The molecule has 88 valence electrons. The second-order valence-electron chi connectivity index (χ2n) is 6.12. The van der Waals surface area contributed by atoms with Gasteiger partial charge in [0.25, 0.3) is 0 Å². The molecule has 0 aliphatic heterocycles. The van der Waals surface area contributed by atoms with Crippen molar-refractivity contribution in [2.24, 2.45) is 11.8 Å². The molecule has 2 bridgehead atoms. The van der Waals surface area contributed by atoms with E-state index in [9.17, 15) is 0 Å². The molecule has 1 heteroatoms. The van der Waals surface area contributed by atoms with E-state index < -0.39 is 0 Å². The summed E-state index contributed by atoms with van der Waals surface area (Å²) >= 11 is 0. The molecule has 0 amide bonds. The van der Waals surface area contributed by atoms with Crippen LogP contribution in [-0.4, -0.2) is 0 Å². The lowest BCUT2D eigenvalue weighted by Gasteiger charge is -2.41. The Morgan fingerprint density at radius 3 is 2.94 bits per heavy atom. The highest BCUT2D eigenvalue weighted by Gasteiger charge is 2.50. The second kappa shape index (κ2) is 3.16. The van der Waals surface area contributed by atoms with E-state index >= 15 is 0 Å². The van der Waals surface area contributed by atoms with E-state index in [0.717, 1.165) is 17.5 Å². The highest BCUT2D eigenvalue weighted by molar-refractivity contribution is 5.51. The molecule has 1 spiro atoms. The van der Waals surface area contributed by atoms with E-state index in [0.29, 0.717) is 5.41 Å². The molecule has 3 unspecified atom stereocenters. The fraction of sp³-hybridized carbons (Fsp3) is 0.500. The molecule has 17 heavy (non-hydrogen) atoms. The molecule has 3 aliphatic rings. The van der Waals surface area contributed by atoms with E-state index in [1.54, 1.807) is 11.1 Å². The Kier molecular flexibility index (Phi) is 1.81. The molecule has 0 radical (unpaired) electrons. The highest BCUT2D eigenvalue weighted by atomic mass is 14.6. The minimum Gasteiger partial charge on any atom is -0.399 e. The van der Waals surface area contributed by atoms with Gasteiger partial charge in [-0.05, 0) is 67.2 Å². The number of allylic oxidation sites excluding steroid dienone is 2. The zero-order valence-electron chi connectivity index (χ0n) is 10.2. The third kappa shape index (κ3) is 1.20. The fourth-order valence-electron chi connectivity index (χ4n) is 4.56. The van der Waals surface area contributed by atoms with Crippen molar-refractivity contribution in [1.82, 2.24) is 0 Å². The van der Waals surface area contributed by atoms with Crippen molar-refractivity contribution < 1.29 is 0 Å². The van der Waals surface area contributed by atoms with Crippen molar-refractivity contribution in [3.63, 3.8) is 0 Å². The van der Waals surface area contributed by atoms with Crippen molar-refractivity contribution in [2.45, 2.75) is 37.5 Å². The lowest BCUT2D eigenvalue weighted by molar-refractivity contribution is 0.303. The number of rotatable bonds is 0. The topological polar surface area (TPSA) is 26.0 Å². The van der Waals surface area contributed by atoms with Crippen LogP contribution in [0.2, 0.25) is 0 Å². The molecule has 0 saturated heterocycles. The van der Waals surface area contributed by atoms with E-state index in [4.69, 9.17) is 5.73 Å². The average Bonchev–Trinajstić information content (AvgIpc) is 2.91. The van der Waals surface area contributed by atoms with Crippen molar-refractivity contribution in [3.8, 4) is 0 Å². The largest absolute Gasteiger partial charge is 0.399 e. The summed E-state index contributed by atoms with van der Waals surface area (Å²) in [4.78, 5) is 0. The van der Waals surface area contributed by atoms with E-state index in [1.807, 2.05) is 0 Å². The molecule has 3 atom stereocenters. The summed E-state index contributed by atoms with van der Waals surface area (Å²) in [6.07, 6.45) is 11.6. The monoisotopic (exact) mass is 225 g/mol. The fourth-order valence-corrected chi connectivity index (χ4v) is 4.56. The summed E-state index contributed by atoms with van der Waals surface area (Å²) in [7, 11) is 0. The first kappa shape index (κ1) is 9.76. The lowest BCUT2D eigenvalue weighted by Crippen LogP contribution is -2.35. The summed E-state index contributed by atoms with van der Waals surface area (Å²) in [6, 6.07) is 6.60. The van der Waals surface area contributed by atoms with Gasteiger partial charge in [-0.3, -0.25) is 0 Å². The van der Waals surface area contributed by atoms with Crippen LogP contribution in [0, 0.1) is 11.8 Å². The first-order chi connectivity index (χ1) is 8.28. The molecule has 0 heterocycles. The third-order valence-corrected chi connectivity index (χ3v) is 5.25. The normalized spacial score (nSPS) is 37.6. The molecule has 2 N–H and O–H groups in total. The third-order valence-electron chi connectivity index (χ3n) is 5.25. The standard InChI is InChI=1S/C16H19N/c17-14-6-4-12-2-1-7-16(15(12)9-14)10-11-3-5-13(16)8-11/h3-6,9,11,13H,1-2,7-8,10,17H2. The number of aryl methyl sites for hydroxylation is 1. The molecule has 4 rings (SSSR count). The lowest BCUT2D eigenvalue weighted by atomic mass is 9.63. The molecule has 1 nitrogen and oxygen atoms in total. The van der Waals surface area contributed by atoms with Crippen molar-refractivity contribution in [3.05, 3.63) is 41.5 Å². The van der Waals surface area contributed by atoms with Gasteiger partial charge >= 0.3 is 0 Å². The van der Waals surface area contributed by atoms with Gasteiger partial charge in [-0.25, -0.2) is 0 Å². The van der Waals surface area contributed by atoms with Crippen LogP contribution in [0.25, 0.3) is 0 Å². The maximum Gasteiger partial charge on any atom is 0.0317 e. The van der Waals surface area contributed by atoms with Gasteiger partial charge in [0, 0.05) is 11.1 Å². The Balaban J connectivity index is 1.90. The van der Waals surface area contributed by atoms with Crippen molar-refractivity contribution in [2.75, 3.05) is 5.73 Å². The summed E-state index contributed by atoms with van der Waals surface area (Å²) in [6.45, 7) is 0. The number of nitrogens with two attached hydrogens (primary N) is 1. The molecule has 0 aromatic heterocycles. The van der Waals surface area contributed by atoms with E-state index in [1.165, 1.54) is 32.1 Å². The zero-order chi connectivity index (χ0) is 11.5. The smallest absolute Gasteiger partial charge is 0.0317 e. The average molecular weight is 225 g/mol. The van der Waals surface area contributed by atoms with Crippen LogP contribution in [0.3, 0.4) is 0 Å². The predicted octanol–water partition coefficient (Wildman–Crippen LogP) is 3.44. The summed E-state index contributed by atoms with van der Waals surface area (Å²) in [5, 5.41) is 0. The number of fused-ring (bicyclic) bond motifs is 5. The van der Waals surface area contributed by atoms with Crippen LogP contribution in [-0.2, 0) is 11.8 Å². The Morgan fingerprint density at radius 1 is 1.24 bits per heavy atom. The summed E-state index contributed by atoms with van der Waals surface area (Å²) in [5.74, 6) is 1.63. The predicted molar refractivity (Wildman–Crippen MR) is 70.8 cm³/mol. The van der Waals surface area contributed by atoms with Gasteiger partial charge in [-0.1, -0.05) is 18.2 Å². The number of anilines is 1. The molecular formula is C16H19N. The Morgan fingerprint density at radius 2 is 2.18 bits per heavy atom. The Bertz CT molecular complexity index is 502. The molecule has 1 fully saturated rings. The molecular weight excluding hydrogens is 206 g/mol. The maximum absolute atomic E-state index is 6.01. The first-order valence-electron chi connectivity index (χ1n) is 6.85. The second-order valence-corrected chi connectivity index (χ2v) is 6.12. The van der Waals surface area contributed by atoms with E-state index in [2.05, 4.69) is 30.4 Å². The van der Waals surface area contributed by atoms with Crippen LogP contribution in [0.1, 0.15) is 36.8 Å². The van der Waals surface area contributed by atoms with E-state index in [-0.39, 0.29) is 0 Å². The Labute approximate surface area is 103 Å². The summed E-state index contributed by atoms with van der Waals surface area (Å²) in [5.41, 5.74) is 10.5. The zero-order valence-corrected chi connectivity index (χ0v) is 10.2. The number of hydrogen-bond donors (Lipinski definition) is 1. The molecule has 1 saturated carbocycles. The van der Waals surface area contributed by atoms with Gasteiger partial charge in [0.2, 0.25) is 0 Å².